The van der Waals surface area contributed by atoms with Crippen molar-refractivity contribution in [2.45, 2.75) is 41.5 Å². The molecule has 190 valence electrons. The summed E-state index contributed by atoms with van der Waals surface area (Å²) >= 11 is 1.52. The van der Waals surface area contributed by atoms with Gasteiger partial charge in [-0.2, -0.15) is 9.71 Å². The zero-order chi connectivity index (χ0) is 26.2. The molecule has 1 atom stereocenters. The van der Waals surface area contributed by atoms with Crippen molar-refractivity contribution >= 4 is 33.4 Å². The zero-order valence-electron chi connectivity index (χ0n) is 20.6. The van der Waals surface area contributed by atoms with Crippen molar-refractivity contribution in [2.75, 3.05) is 11.4 Å². The van der Waals surface area contributed by atoms with Gasteiger partial charge < -0.3 is 9.42 Å². The number of amides is 1. The Morgan fingerprint density at radius 3 is 2.46 bits per heavy atom. The maximum atomic E-state index is 13.2. The van der Waals surface area contributed by atoms with Gasteiger partial charge in [-0.1, -0.05) is 61.1 Å². The topological polar surface area (TPSA) is 105 Å². The Hall–Kier alpha value is -3.47. The van der Waals surface area contributed by atoms with Gasteiger partial charge in [-0.3, -0.25) is 4.79 Å². The Kier molecular flexibility index (Phi) is 6.89. The van der Waals surface area contributed by atoms with Gasteiger partial charge in [0.05, 0.1) is 16.1 Å². The zero-order valence-corrected chi connectivity index (χ0v) is 22.2. The number of carbonyl (C=O) groups is 1. The molecule has 0 saturated heterocycles. The van der Waals surface area contributed by atoms with Gasteiger partial charge in [0.15, 0.2) is 0 Å². The van der Waals surface area contributed by atoms with Crippen molar-refractivity contribution in [1.29, 1.82) is 0 Å². The molecule has 4 aromatic rings. The smallest absolute Gasteiger partial charge is 0.259 e. The van der Waals surface area contributed by atoms with Crippen LogP contribution in [0.1, 0.15) is 43.1 Å². The first-order chi connectivity index (χ1) is 17.8. The number of anilines is 1. The molecule has 1 aliphatic rings. The molecule has 1 N–H and O–H groups in total. The fraction of sp³-hybridized carbons (Fsp3) is 0.222. The molecule has 1 unspecified atom stereocenters. The molecule has 3 aromatic carbocycles. The summed E-state index contributed by atoms with van der Waals surface area (Å²) in [6.45, 7) is 6.25. The van der Waals surface area contributed by atoms with Crippen molar-refractivity contribution < 1.29 is 17.7 Å². The van der Waals surface area contributed by atoms with E-state index >= 15 is 0 Å². The lowest BCUT2D eigenvalue weighted by molar-refractivity contribution is 0.0985. The fourth-order valence-corrected chi connectivity index (χ4v) is 6.64. The van der Waals surface area contributed by atoms with E-state index in [0.29, 0.717) is 23.5 Å². The van der Waals surface area contributed by atoms with Crippen LogP contribution in [-0.2, 0) is 10.0 Å². The normalized spacial score (nSPS) is 14.3. The molecule has 1 aliphatic heterocycles. The third-order valence-corrected chi connectivity index (χ3v) is 8.70. The number of sulfonamides is 1. The van der Waals surface area contributed by atoms with E-state index in [1.54, 1.807) is 23.1 Å². The van der Waals surface area contributed by atoms with E-state index in [9.17, 15) is 13.2 Å². The fourth-order valence-electron chi connectivity index (χ4n) is 4.16. The first kappa shape index (κ1) is 25.2. The Morgan fingerprint density at radius 1 is 1.00 bits per heavy atom. The monoisotopic (exact) mass is 534 g/mol. The van der Waals surface area contributed by atoms with E-state index < -0.39 is 16.1 Å². The highest BCUT2D eigenvalue weighted by Gasteiger charge is 2.30. The van der Waals surface area contributed by atoms with Gasteiger partial charge in [0.1, 0.15) is 6.04 Å². The maximum Gasteiger partial charge on any atom is 0.259 e. The number of rotatable bonds is 7. The lowest BCUT2D eigenvalue weighted by atomic mass is 10.1. The predicted octanol–water partition coefficient (Wildman–Crippen LogP) is 5.54. The Labute approximate surface area is 220 Å². The molecule has 0 radical (unpaired) electrons. The number of fused-ring (bicyclic) bond motifs is 2. The molecule has 8 nitrogen and oxygen atoms in total. The van der Waals surface area contributed by atoms with Crippen molar-refractivity contribution in [3.8, 4) is 11.4 Å². The van der Waals surface area contributed by atoms with Crippen LogP contribution in [0.25, 0.3) is 11.4 Å². The quantitative estimate of drug-likeness (QED) is 0.332. The van der Waals surface area contributed by atoms with E-state index in [0.717, 1.165) is 15.5 Å². The largest absolute Gasteiger partial charge is 0.337 e. The minimum atomic E-state index is -3.79. The summed E-state index contributed by atoms with van der Waals surface area (Å²) in [6.07, 6.45) is 0. The van der Waals surface area contributed by atoms with Gasteiger partial charge in [-0.25, -0.2) is 8.42 Å². The second-order valence-electron chi connectivity index (χ2n) is 8.94. The van der Waals surface area contributed by atoms with Gasteiger partial charge in [-0.15, -0.1) is 0 Å². The molecule has 1 aromatic heterocycles. The van der Waals surface area contributed by atoms with Crippen LogP contribution in [0.2, 0.25) is 0 Å². The molecule has 0 saturated carbocycles. The van der Waals surface area contributed by atoms with Crippen LogP contribution >= 0.6 is 11.8 Å². The molecule has 37 heavy (non-hydrogen) atoms. The Balaban J connectivity index is 1.48. The van der Waals surface area contributed by atoms with Gasteiger partial charge in [0.25, 0.3) is 5.91 Å². The summed E-state index contributed by atoms with van der Waals surface area (Å²) in [4.78, 5) is 21.4. The highest BCUT2D eigenvalue weighted by molar-refractivity contribution is 7.99. The summed E-state index contributed by atoms with van der Waals surface area (Å²) in [6, 6.07) is 20.7. The third-order valence-electron chi connectivity index (χ3n) is 6.12. The highest BCUT2D eigenvalue weighted by Crippen LogP contribution is 2.42. The molecule has 0 aliphatic carbocycles. The second-order valence-corrected chi connectivity index (χ2v) is 11.7. The van der Waals surface area contributed by atoms with Gasteiger partial charge in [0.2, 0.25) is 21.7 Å². The summed E-state index contributed by atoms with van der Waals surface area (Å²) in [7, 11) is -3.79. The van der Waals surface area contributed by atoms with Crippen LogP contribution in [0.15, 0.2) is 92.0 Å². The number of carbonyl (C=O) groups excluding carboxylic acids is 1. The van der Waals surface area contributed by atoms with E-state index in [1.807, 2.05) is 63.2 Å². The molecule has 2 heterocycles. The number of nitrogens with zero attached hydrogens (tertiary/aromatic N) is 3. The van der Waals surface area contributed by atoms with E-state index in [4.69, 9.17) is 4.52 Å². The van der Waals surface area contributed by atoms with Gasteiger partial charge in [-0.05, 0) is 55.3 Å². The van der Waals surface area contributed by atoms with Crippen LogP contribution in [0, 0.1) is 5.92 Å². The summed E-state index contributed by atoms with van der Waals surface area (Å²) < 4.78 is 34.1. The Morgan fingerprint density at radius 2 is 1.73 bits per heavy atom. The second kappa shape index (κ2) is 10.1. The molecule has 1 amide bonds. The number of hydrogen-bond acceptors (Lipinski definition) is 7. The maximum absolute atomic E-state index is 13.2. The van der Waals surface area contributed by atoms with Crippen LogP contribution in [0.5, 0.6) is 0 Å². The summed E-state index contributed by atoms with van der Waals surface area (Å²) in [5.41, 5.74) is 2.19. The van der Waals surface area contributed by atoms with Crippen LogP contribution in [-0.4, -0.2) is 31.0 Å². The van der Waals surface area contributed by atoms with Crippen molar-refractivity contribution in [3.63, 3.8) is 0 Å². The molecule has 5 rings (SSSR count). The first-order valence-corrected chi connectivity index (χ1v) is 14.2. The summed E-state index contributed by atoms with van der Waals surface area (Å²) in [5, 5.41) is 4.15. The third kappa shape index (κ3) is 4.92. The van der Waals surface area contributed by atoms with Crippen LogP contribution in [0.4, 0.5) is 5.69 Å². The molecule has 10 heteroatoms. The first-order valence-electron chi connectivity index (χ1n) is 11.9. The lowest BCUT2D eigenvalue weighted by Crippen LogP contribution is -2.32. The average molecular weight is 535 g/mol. The van der Waals surface area contributed by atoms with Crippen molar-refractivity contribution in [3.05, 3.63) is 84.3 Å². The molecule has 0 fully saturated rings. The number of hydrogen-bond donors (Lipinski definition) is 1. The number of benzene rings is 3. The molecular formula is C27H26N4O4S2. The van der Waals surface area contributed by atoms with Crippen LogP contribution < -0.4 is 9.62 Å². The van der Waals surface area contributed by atoms with Gasteiger partial charge >= 0.3 is 0 Å². The average Bonchev–Trinajstić information content (AvgIpc) is 3.35. The highest BCUT2D eigenvalue weighted by atomic mass is 32.2. The van der Waals surface area contributed by atoms with Crippen molar-refractivity contribution in [2.24, 2.45) is 5.92 Å². The molecular weight excluding hydrogens is 508 g/mol. The van der Waals surface area contributed by atoms with E-state index in [-0.39, 0.29) is 22.6 Å². The standard InChI is InChI=1S/C27H26N4O4S2/c1-4-31-21-15-14-18(16-23(21)36-22-13-9-8-12-20(22)27(31)32)25-28-26(35-29-25)24(17(2)3)30-37(33,34)19-10-6-5-7-11-19/h5-17,24,30H,4H2,1-3H3. The SMILES string of the molecule is CCN1C(=O)c2ccccc2Sc2cc(-c3noc(C(NS(=O)(=O)c4ccccc4)C(C)C)n3)ccc21. The van der Waals surface area contributed by atoms with Gasteiger partial charge in [0, 0.05) is 21.9 Å². The number of nitrogens with one attached hydrogen (secondary N) is 1. The van der Waals surface area contributed by atoms with E-state index in [1.165, 1.54) is 23.9 Å². The minimum absolute atomic E-state index is 0.0376. The van der Waals surface area contributed by atoms with Crippen LogP contribution in [0.3, 0.4) is 0 Å². The van der Waals surface area contributed by atoms with E-state index in [2.05, 4.69) is 14.9 Å². The molecule has 0 bridgehead atoms. The minimum Gasteiger partial charge on any atom is -0.337 e. The summed E-state index contributed by atoms with van der Waals surface area (Å²) in [5.74, 6) is 0.345. The lowest BCUT2D eigenvalue weighted by Gasteiger charge is -2.21. The predicted molar refractivity (Wildman–Crippen MR) is 142 cm³/mol. The number of aromatic nitrogens is 2. The van der Waals surface area contributed by atoms with Crippen molar-refractivity contribution in [1.82, 2.24) is 14.9 Å². The molecule has 0 spiro atoms. The Bertz CT molecular complexity index is 1550.